The lowest BCUT2D eigenvalue weighted by molar-refractivity contribution is -0.119. The number of nitrogens with two attached hydrogens (primary N) is 1. The zero-order chi connectivity index (χ0) is 18.8. The molecule has 26 heavy (non-hydrogen) atoms. The number of nitrogens with zero attached hydrogens (tertiary/aromatic N) is 3. The van der Waals surface area contributed by atoms with Gasteiger partial charge in [-0.15, -0.1) is 0 Å². The van der Waals surface area contributed by atoms with Gasteiger partial charge in [-0.05, 0) is 25.8 Å². The summed E-state index contributed by atoms with van der Waals surface area (Å²) in [5, 5.41) is 3.99. The molecule has 2 heterocycles. The van der Waals surface area contributed by atoms with E-state index in [1.807, 2.05) is 44.2 Å². The van der Waals surface area contributed by atoms with E-state index in [4.69, 9.17) is 15.8 Å². The maximum atomic E-state index is 11.5. The Bertz CT molecular complexity index is 946. The Labute approximate surface area is 153 Å². The number of fused-ring (bicyclic) bond motifs is 1. The van der Waals surface area contributed by atoms with Crippen LogP contribution in [0.4, 0.5) is 0 Å². The third kappa shape index (κ3) is 3.27. The number of nitrogens with one attached hydrogen (secondary N) is 1. The SMILES string of the molecule is CCC(Cc1nc(-c2ccccc2)nc2c1c(C)c(C)n2N)NC(C)=O. The van der Waals surface area contributed by atoms with Gasteiger partial charge in [0.15, 0.2) is 11.5 Å². The Hall–Kier alpha value is -2.89. The van der Waals surface area contributed by atoms with Crippen LogP contribution in [0.3, 0.4) is 0 Å². The lowest BCUT2D eigenvalue weighted by Gasteiger charge is -2.16. The van der Waals surface area contributed by atoms with Gasteiger partial charge in [0.05, 0.1) is 5.69 Å². The second kappa shape index (κ2) is 7.15. The van der Waals surface area contributed by atoms with Crippen molar-refractivity contribution in [2.75, 3.05) is 5.84 Å². The molecule has 2 aromatic heterocycles. The Morgan fingerprint density at radius 1 is 1.23 bits per heavy atom. The topological polar surface area (TPSA) is 85.8 Å². The normalized spacial score (nSPS) is 12.3. The number of carbonyl (C=O) groups is 1. The number of aromatic nitrogens is 3. The van der Waals surface area contributed by atoms with Crippen molar-refractivity contribution in [3.63, 3.8) is 0 Å². The van der Waals surface area contributed by atoms with Crippen LogP contribution in [0.2, 0.25) is 0 Å². The molecule has 0 aliphatic heterocycles. The number of benzene rings is 1. The molecule has 0 fully saturated rings. The van der Waals surface area contributed by atoms with Gasteiger partial charge in [-0.3, -0.25) is 4.79 Å². The van der Waals surface area contributed by atoms with Crippen LogP contribution in [-0.4, -0.2) is 26.6 Å². The second-order valence-electron chi connectivity index (χ2n) is 6.65. The first kappa shape index (κ1) is 17.9. The molecule has 3 aromatic rings. The molecule has 6 nitrogen and oxygen atoms in total. The van der Waals surface area contributed by atoms with Crippen molar-refractivity contribution in [2.24, 2.45) is 0 Å². The molecule has 0 aliphatic carbocycles. The molecule has 136 valence electrons. The fraction of sp³-hybridized carbons (Fsp3) is 0.350. The van der Waals surface area contributed by atoms with E-state index in [-0.39, 0.29) is 11.9 Å². The fourth-order valence-electron chi connectivity index (χ4n) is 3.26. The molecule has 1 aromatic carbocycles. The monoisotopic (exact) mass is 351 g/mol. The van der Waals surface area contributed by atoms with E-state index in [2.05, 4.69) is 12.2 Å². The van der Waals surface area contributed by atoms with E-state index in [9.17, 15) is 4.79 Å². The summed E-state index contributed by atoms with van der Waals surface area (Å²) in [6, 6.07) is 9.89. The lowest BCUT2D eigenvalue weighted by Crippen LogP contribution is -2.34. The van der Waals surface area contributed by atoms with Crippen molar-refractivity contribution in [3.05, 3.63) is 47.3 Å². The van der Waals surface area contributed by atoms with E-state index in [0.29, 0.717) is 12.2 Å². The van der Waals surface area contributed by atoms with Crippen molar-refractivity contribution in [1.82, 2.24) is 20.0 Å². The Morgan fingerprint density at radius 3 is 2.54 bits per heavy atom. The average Bonchev–Trinajstić information content (AvgIpc) is 2.86. The van der Waals surface area contributed by atoms with Gasteiger partial charge in [0.1, 0.15) is 0 Å². The zero-order valence-electron chi connectivity index (χ0n) is 15.7. The number of aryl methyl sites for hydroxylation is 1. The summed E-state index contributed by atoms with van der Waals surface area (Å²) in [6.45, 7) is 7.62. The average molecular weight is 351 g/mol. The van der Waals surface area contributed by atoms with Crippen LogP contribution >= 0.6 is 0 Å². The highest BCUT2D eigenvalue weighted by atomic mass is 16.1. The number of hydrogen-bond acceptors (Lipinski definition) is 4. The van der Waals surface area contributed by atoms with Gasteiger partial charge in [0.25, 0.3) is 0 Å². The Morgan fingerprint density at radius 2 is 1.92 bits per heavy atom. The standard InChI is InChI=1S/C20H25N5O/c1-5-16(22-14(4)26)11-17-18-12(2)13(3)25(21)20(18)24-19(23-17)15-9-7-6-8-10-15/h6-10,16H,5,11,21H2,1-4H3,(H,22,26). The van der Waals surface area contributed by atoms with Gasteiger partial charge >= 0.3 is 0 Å². The van der Waals surface area contributed by atoms with Crippen molar-refractivity contribution in [3.8, 4) is 11.4 Å². The quantitative estimate of drug-likeness (QED) is 0.692. The largest absolute Gasteiger partial charge is 0.353 e. The molecule has 0 bridgehead atoms. The van der Waals surface area contributed by atoms with Crippen LogP contribution < -0.4 is 11.2 Å². The van der Waals surface area contributed by atoms with Crippen molar-refractivity contribution < 1.29 is 4.79 Å². The van der Waals surface area contributed by atoms with Crippen molar-refractivity contribution in [1.29, 1.82) is 0 Å². The summed E-state index contributed by atoms with van der Waals surface area (Å²) >= 11 is 0. The lowest BCUT2D eigenvalue weighted by atomic mass is 10.0. The molecule has 0 saturated carbocycles. The molecule has 6 heteroatoms. The molecule has 3 rings (SSSR count). The molecular formula is C20H25N5O. The maximum absolute atomic E-state index is 11.5. The number of carbonyl (C=O) groups excluding carboxylic acids is 1. The maximum Gasteiger partial charge on any atom is 0.217 e. The van der Waals surface area contributed by atoms with Crippen LogP contribution in [-0.2, 0) is 11.2 Å². The summed E-state index contributed by atoms with van der Waals surface area (Å²) in [5.74, 6) is 6.87. The third-order valence-corrected chi connectivity index (χ3v) is 4.84. The Balaban J connectivity index is 2.18. The van der Waals surface area contributed by atoms with E-state index in [0.717, 1.165) is 40.0 Å². The number of nitrogen functional groups attached to an aromatic ring is 1. The minimum atomic E-state index is -0.0327. The highest BCUT2D eigenvalue weighted by Gasteiger charge is 2.20. The number of rotatable bonds is 5. The van der Waals surface area contributed by atoms with Gasteiger partial charge in [-0.2, -0.15) is 0 Å². The first-order valence-corrected chi connectivity index (χ1v) is 8.88. The van der Waals surface area contributed by atoms with Gasteiger partial charge in [0.2, 0.25) is 5.91 Å². The summed E-state index contributed by atoms with van der Waals surface area (Å²) in [5.41, 5.74) is 4.63. The summed E-state index contributed by atoms with van der Waals surface area (Å²) in [6.07, 6.45) is 1.46. The molecule has 3 N–H and O–H groups in total. The molecule has 0 radical (unpaired) electrons. The third-order valence-electron chi connectivity index (χ3n) is 4.84. The van der Waals surface area contributed by atoms with Gasteiger partial charge in [0, 0.05) is 36.0 Å². The second-order valence-corrected chi connectivity index (χ2v) is 6.65. The number of hydrogen-bond donors (Lipinski definition) is 2. The smallest absolute Gasteiger partial charge is 0.217 e. The van der Waals surface area contributed by atoms with Crippen molar-refractivity contribution >= 4 is 16.9 Å². The van der Waals surface area contributed by atoms with Crippen LogP contribution in [0.5, 0.6) is 0 Å². The summed E-state index contributed by atoms with van der Waals surface area (Å²) in [4.78, 5) is 21.1. The summed E-state index contributed by atoms with van der Waals surface area (Å²) in [7, 11) is 0. The molecule has 0 aliphatic rings. The van der Waals surface area contributed by atoms with Crippen molar-refractivity contribution in [2.45, 2.75) is 46.6 Å². The summed E-state index contributed by atoms with van der Waals surface area (Å²) < 4.78 is 1.63. The van der Waals surface area contributed by atoms with Crippen LogP contribution in [0.1, 0.15) is 37.2 Å². The Kier molecular flexibility index (Phi) is 4.93. The fourth-order valence-corrected chi connectivity index (χ4v) is 3.26. The molecule has 1 amide bonds. The van der Waals surface area contributed by atoms with Crippen LogP contribution in [0, 0.1) is 13.8 Å². The minimum Gasteiger partial charge on any atom is -0.353 e. The highest BCUT2D eigenvalue weighted by Crippen LogP contribution is 2.28. The molecule has 0 spiro atoms. The van der Waals surface area contributed by atoms with E-state index in [1.165, 1.54) is 0 Å². The predicted molar refractivity (Wildman–Crippen MR) is 104 cm³/mol. The van der Waals surface area contributed by atoms with E-state index < -0.39 is 0 Å². The van der Waals surface area contributed by atoms with Gasteiger partial charge in [-0.25, -0.2) is 14.6 Å². The van der Waals surface area contributed by atoms with Crippen LogP contribution in [0.15, 0.2) is 30.3 Å². The number of amides is 1. The molecule has 1 atom stereocenters. The van der Waals surface area contributed by atoms with E-state index in [1.54, 1.807) is 11.6 Å². The first-order valence-electron chi connectivity index (χ1n) is 8.88. The van der Waals surface area contributed by atoms with Gasteiger partial charge in [-0.1, -0.05) is 37.3 Å². The first-order chi connectivity index (χ1) is 12.4. The highest BCUT2D eigenvalue weighted by molar-refractivity contribution is 5.86. The van der Waals surface area contributed by atoms with Gasteiger partial charge < -0.3 is 11.2 Å². The van der Waals surface area contributed by atoms with E-state index >= 15 is 0 Å². The molecular weight excluding hydrogens is 326 g/mol. The predicted octanol–water partition coefficient (Wildman–Crippen LogP) is 2.89. The zero-order valence-corrected chi connectivity index (χ0v) is 15.7. The minimum absolute atomic E-state index is 0.0232. The molecule has 1 unspecified atom stereocenters. The van der Waals surface area contributed by atoms with Crippen LogP contribution in [0.25, 0.3) is 22.4 Å². The molecule has 0 saturated heterocycles.